The van der Waals surface area contributed by atoms with Gasteiger partial charge < -0.3 is 9.73 Å². The molecular formula is C16H24N2O. The second kappa shape index (κ2) is 4.62. The van der Waals surface area contributed by atoms with Gasteiger partial charge in [-0.1, -0.05) is 6.92 Å². The quantitative estimate of drug-likeness (QED) is 0.902. The Hall–Kier alpha value is -0.830. The average molecular weight is 260 g/mol. The smallest absolute Gasteiger partial charge is 0.208 e. The lowest BCUT2D eigenvalue weighted by atomic mass is 9.51. The van der Waals surface area contributed by atoms with Crippen LogP contribution >= 0.6 is 0 Å². The fourth-order valence-corrected chi connectivity index (χ4v) is 5.18. The molecule has 0 atom stereocenters. The summed E-state index contributed by atoms with van der Waals surface area (Å²) in [6.45, 7) is 3.85. The highest BCUT2D eigenvalue weighted by Crippen LogP contribution is 2.59. The molecule has 4 bridgehead atoms. The molecule has 4 saturated carbocycles. The van der Waals surface area contributed by atoms with Crippen LogP contribution in [0.1, 0.15) is 56.6 Å². The lowest BCUT2D eigenvalue weighted by molar-refractivity contribution is -0.00994. The van der Waals surface area contributed by atoms with Gasteiger partial charge in [-0.25, -0.2) is 4.98 Å². The van der Waals surface area contributed by atoms with E-state index in [-0.39, 0.29) is 0 Å². The molecule has 1 heterocycles. The van der Waals surface area contributed by atoms with E-state index >= 15 is 0 Å². The SMILES string of the molecule is CCNCc1ncc(C2C3CC4CC(C3)CC2C4)o1. The first-order valence-electron chi connectivity index (χ1n) is 7.98. The third-order valence-electron chi connectivity index (χ3n) is 5.65. The summed E-state index contributed by atoms with van der Waals surface area (Å²) in [6.07, 6.45) is 9.31. The molecule has 0 radical (unpaired) electrons. The minimum atomic E-state index is 0.677. The third kappa shape index (κ3) is 2.03. The topological polar surface area (TPSA) is 38.1 Å². The maximum Gasteiger partial charge on any atom is 0.208 e. The van der Waals surface area contributed by atoms with Crippen LogP contribution in [0.2, 0.25) is 0 Å². The molecule has 5 rings (SSSR count). The third-order valence-corrected chi connectivity index (χ3v) is 5.65. The molecule has 1 N–H and O–H groups in total. The summed E-state index contributed by atoms with van der Waals surface area (Å²) in [5.74, 6) is 6.56. The van der Waals surface area contributed by atoms with Crippen molar-refractivity contribution in [1.29, 1.82) is 0 Å². The minimum Gasteiger partial charge on any atom is -0.444 e. The summed E-state index contributed by atoms with van der Waals surface area (Å²) in [4.78, 5) is 4.46. The molecule has 4 aliphatic rings. The Morgan fingerprint density at radius 3 is 2.47 bits per heavy atom. The van der Waals surface area contributed by atoms with Crippen LogP contribution in [0.3, 0.4) is 0 Å². The van der Waals surface area contributed by atoms with Crippen LogP contribution in [0.25, 0.3) is 0 Å². The first-order chi connectivity index (χ1) is 9.33. The van der Waals surface area contributed by atoms with Crippen LogP contribution in [0, 0.1) is 23.7 Å². The highest BCUT2D eigenvalue weighted by Gasteiger charge is 2.49. The molecule has 4 aliphatic carbocycles. The van der Waals surface area contributed by atoms with Crippen LogP contribution in [0.15, 0.2) is 10.6 Å². The van der Waals surface area contributed by atoms with Gasteiger partial charge in [0.05, 0.1) is 12.7 Å². The second-order valence-electron chi connectivity index (χ2n) is 6.89. The maximum absolute atomic E-state index is 6.04. The van der Waals surface area contributed by atoms with Crippen molar-refractivity contribution in [3.63, 3.8) is 0 Å². The zero-order valence-electron chi connectivity index (χ0n) is 11.8. The molecule has 1 aromatic rings. The summed E-state index contributed by atoms with van der Waals surface area (Å²) < 4.78 is 6.04. The Labute approximate surface area is 115 Å². The summed E-state index contributed by atoms with van der Waals surface area (Å²) >= 11 is 0. The van der Waals surface area contributed by atoms with Gasteiger partial charge in [0, 0.05) is 5.92 Å². The molecule has 0 aliphatic heterocycles. The number of hydrogen-bond acceptors (Lipinski definition) is 3. The summed E-state index contributed by atoms with van der Waals surface area (Å²) in [6, 6.07) is 0. The molecule has 3 heteroatoms. The van der Waals surface area contributed by atoms with Crippen LogP contribution in [0.5, 0.6) is 0 Å². The van der Waals surface area contributed by atoms with Gasteiger partial charge in [-0.3, -0.25) is 0 Å². The van der Waals surface area contributed by atoms with Crippen molar-refractivity contribution in [2.75, 3.05) is 6.54 Å². The van der Waals surface area contributed by atoms with E-state index in [0.717, 1.165) is 42.7 Å². The van der Waals surface area contributed by atoms with Gasteiger partial charge in [-0.15, -0.1) is 0 Å². The van der Waals surface area contributed by atoms with Gasteiger partial charge in [-0.2, -0.15) is 0 Å². The van der Waals surface area contributed by atoms with Crippen LogP contribution in [0.4, 0.5) is 0 Å². The average Bonchev–Trinajstić information content (AvgIpc) is 2.83. The van der Waals surface area contributed by atoms with Crippen LogP contribution < -0.4 is 5.32 Å². The number of rotatable bonds is 4. The van der Waals surface area contributed by atoms with E-state index in [2.05, 4.69) is 17.2 Å². The van der Waals surface area contributed by atoms with Gasteiger partial charge in [0.1, 0.15) is 5.76 Å². The van der Waals surface area contributed by atoms with Crippen molar-refractivity contribution in [3.05, 3.63) is 17.8 Å². The van der Waals surface area contributed by atoms with E-state index in [1.54, 1.807) is 0 Å². The Kier molecular flexibility index (Phi) is 2.91. The fraction of sp³-hybridized carbons (Fsp3) is 0.812. The van der Waals surface area contributed by atoms with Crippen molar-refractivity contribution in [2.45, 2.75) is 51.5 Å². The molecule has 0 spiro atoms. The van der Waals surface area contributed by atoms with E-state index in [9.17, 15) is 0 Å². The molecule has 1 aromatic heterocycles. The Morgan fingerprint density at radius 2 is 1.84 bits per heavy atom. The van der Waals surface area contributed by atoms with E-state index in [1.807, 2.05) is 6.20 Å². The molecule has 0 aromatic carbocycles. The molecule has 3 nitrogen and oxygen atoms in total. The molecule has 4 fully saturated rings. The lowest BCUT2D eigenvalue weighted by Crippen LogP contribution is -2.43. The van der Waals surface area contributed by atoms with Gasteiger partial charge >= 0.3 is 0 Å². The van der Waals surface area contributed by atoms with E-state index in [0.29, 0.717) is 5.92 Å². The Bertz CT molecular complexity index is 425. The number of oxazole rings is 1. The zero-order valence-corrected chi connectivity index (χ0v) is 11.8. The monoisotopic (exact) mass is 260 g/mol. The molecule has 19 heavy (non-hydrogen) atoms. The first-order valence-corrected chi connectivity index (χ1v) is 7.98. The van der Waals surface area contributed by atoms with E-state index in [4.69, 9.17) is 4.42 Å². The highest BCUT2D eigenvalue weighted by molar-refractivity contribution is 5.13. The van der Waals surface area contributed by atoms with Crippen molar-refractivity contribution >= 4 is 0 Å². The van der Waals surface area contributed by atoms with Crippen molar-refractivity contribution in [3.8, 4) is 0 Å². The predicted molar refractivity (Wildman–Crippen MR) is 73.7 cm³/mol. The molecule has 0 amide bonds. The Morgan fingerprint density at radius 1 is 1.16 bits per heavy atom. The van der Waals surface area contributed by atoms with E-state index in [1.165, 1.54) is 37.9 Å². The zero-order chi connectivity index (χ0) is 12.8. The van der Waals surface area contributed by atoms with Gasteiger partial charge in [0.25, 0.3) is 0 Å². The summed E-state index contributed by atoms with van der Waals surface area (Å²) in [5.41, 5.74) is 0. The van der Waals surface area contributed by atoms with Crippen molar-refractivity contribution in [1.82, 2.24) is 10.3 Å². The fourth-order valence-electron chi connectivity index (χ4n) is 5.18. The molecule has 0 saturated heterocycles. The van der Waals surface area contributed by atoms with Gasteiger partial charge in [0.2, 0.25) is 5.89 Å². The first kappa shape index (κ1) is 12.0. The predicted octanol–water partition coefficient (Wildman–Crippen LogP) is 3.32. The van der Waals surface area contributed by atoms with Crippen LogP contribution in [-0.2, 0) is 6.54 Å². The Balaban J connectivity index is 1.54. The number of hydrogen-bond donors (Lipinski definition) is 1. The number of aromatic nitrogens is 1. The van der Waals surface area contributed by atoms with Gasteiger partial charge in [-0.05, 0) is 62.3 Å². The van der Waals surface area contributed by atoms with E-state index < -0.39 is 0 Å². The second-order valence-corrected chi connectivity index (χ2v) is 6.89. The van der Waals surface area contributed by atoms with Gasteiger partial charge in [0.15, 0.2) is 0 Å². The highest BCUT2D eigenvalue weighted by atomic mass is 16.4. The largest absolute Gasteiger partial charge is 0.444 e. The number of nitrogens with zero attached hydrogens (tertiary/aromatic N) is 1. The molecule has 104 valence electrons. The van der Waals surface area contributed by atoms with Crippen molar-refractivity contribution < 1.29 is 4.42 Å². The van der Waals surface area contributed by atoms with Crippen LogP contribution in [-0.4, -0.2) is 11.5 Å². The minimum absolute atomic E-state index is 0.677. The normalized spacial score (nSPS) is 39.9. The summed E-state index contributed by atoms with van der Waals surface area (Å²) in [7, 11) is 0. The van der Waals surface area contributed by atoms with Crippen molar-refractivity contribution in [2.24, 2.45) is 23.7 Å². The maximum atomic E-state index is 6.04. The molecule has 0 unspecified atom stereocenters. The standard InChI is InChI=1S/C16H24N2O/c1-2-17-9-15-18-8-14(19-15)16-12-4-10-3-11(6-12)7-13(16)5-10/h8,10-13,16-17H,2-7,9H2,1H3. The molecular weight excluding hydrogens is 236 g/mol. The number of nitrogens with one attached hydrogen (secondary N) is 1. The summed E-state index contributed by atoms with van der Waals surface area (Å²) in [5, 5.41) is 3.29. The lowest BCUT2D eigenvalue weighted by Gasteiger charge is -2.53.